The molecule has 1 aliphatic rings. The lowest BCUT2D eigenvalue weighted by molar-refractivity contribution is 0.233. The van der Waals surface area contributed by atoms with E-state index in [-0.39, 0.29) is 0 Å². The number of hydrogen-bond acceptors (Lipinski definition) is 3. The molecule has 1 N–H and O–H groups in total. The molecular weight excluding hydrogens is 290 g/mol. The number of fused-ring (bicyclic) bond motifs is 1. The van der Waals surface area contributed by atoms with Gasteiger partial charge >= 0.3 is 0 Å². The maximum Gasteiger partial charge on any atom is 0.0702 e. The summed E-state index contributed by atoms with van der Waals surface area (Å²) in [4.78, 5) is 6.99. The lowest BCUT2D eigenvalue weighted by Gasteiger charge is -2.27. The first-order valence-electron chi connectivity index (χ1n) is 6.28. The van der Waals surface area contributed by atoms with Crippen molar-refractivity contribution in [1.29, 1.82) is 0 Å². The van der Waals surface area contributed by atoms with E-state index in [9.17, 15) is 0 Å². The Morgan fingerprint density at radius 3 is 2.89 bits per heavy atom. The van der Waals surface area contributed by atoms with Gasteiger partial charge in [0.25, 0.3) is 0 Å². The number of aromatic nitrogens is 1. The minimum absolute atomic E-state index is 0.997. The summed E-state index contributed by atoms with van der Waals surface area (Å²) in [5, 5.41) is 4.58. The predicted molar refractivity (Wildman–Crippen MR) is 77.6 cm³/mol. The topological polar surface area (TPSA) is 28.2 Å². The van der Waals surface area contributed by atoms with Crippen LogP contribution in [0, 0.1) is 0 Å². The zero-order valence-corrected chi connectivity index (χ0v) is 11.8. The van der Waals surface area contributed by atoms with Gasteiger partial charge in [0.05, 0.1) is 5.52 Å². The zero-order chi connectivity index (χ0) is 12.4. The summed E-state index contributed by atoms with van der Waals surface area (Å²) in [7, 11) is 0. The molecule has 1 saturated heterocycles. The Morgan fingerprint density at radius 2 is 2.06 bits per heavy atom. The summed E-state index contributed by atoms with van der Waals surface area (Å²) >= 11 is 3.51. The van der Waals surface area contributed by atoms with Crippen LogP contribution in [-0.4, -0.2) is 36.1 Å². The number of nitrogens with zero attached hydrogens (tertiary/aromatic N) is 2. The van der Waals surface area contributed by atoms with Crippen LogP contribution < -0.4 is 5.32 Å². The SMILES string of the molecule is Brc1ccc2ncc(CN3CCNCC3)cc2c1. The number of piperazine rings is 1. The minimum atomic E-state index is 0.997. The van der Waals surface area contributed by atoms with Gasteiger partial charge in [0, 0.05) is 48.8 Å². The smallest absolute Gasteiger partial charge is 0.0702 e. The summed E-state index contributed by atoms with van der Waals surface area (Å²) in [6.45, 7) is 5.42. The molecule has 3 nitrogen and oxygen atoms in total. The predicted octanol–water partition coefficient (Wildman–Crippen LogP) is 2.40. The van der Waals surface area contributed by atoms with Crippen molar-refractivity contribution in [2.24, 2.45) is 0 Å². The van der Waals surface area contributed by atoms with E-state index in [4.69, 9.17) is 0 Å². The molecule has 0 atom stereocenters. The van der Waals surface area contributed by atoms with Crippen LogP contribution in [0.3, 0.4) is 0 Å². The molecule has 3 rings (SSSR count). The van der Waals surface area contributed by atoms with Crippen LogP contribution in [0.4, 0.5) is 0 Å². The maximum atomic E-state index is 4.52. The highest BCUT2D eigenvalue weighted by atomic mass is 79.9. The molecule has 18 heavy (non-hydrogen) atoms. The lowest BCUT2D eigenvalue weighted by atomic mass is 10.1. The highest BCUT2D eigenvalue weighted by Gasteiger charge is 2.10. The Balaban J connectivity index is 1.83. The van der Waals surface area contributed by atoms with Crippen LogP contribution >= 0.6 is 15.9 Å². The molecule has 0 spiro atoms. The van der Waals surface area contributed by atoms with E-state index in [2.05, 4.69) is 43.3 Å². The Labute approximate surface area is 115 Å². The van der Waals surface area contributed by atoms with E-state index in [1.807, 2.05) is 18.3 Å². The van der Waals surface area contributed by atoms with Crippen LogP contribution in [0.5, 0.6) is 0 Å². The third-order valence-electron chi connectivity index (χ3n) is 3.32. The Bertz CT molecular complexity index is 550. The number of hydrogen-bond donors (Lipinski definition) is 1. The monoisotopic (exact) mass is 305 g/mol. The molecule has 1 fully saturated rings. The molecule has 0 bridgehead atoms. The molecule has 0 aliphatic carbocycles. The van der Waals surface area contributed by atoms with E-state index in [0.717, 1.165) is 42.7 Å². The van der Waals surface area contributed by atoms with Crippen molar-refractivity contribution >= 4 is 26.8 Å². The summed E-state index contributed by atoms with van der Waals surface area (Å²) in [5.41, 5.74) is 2.35. The Morgan fingerprint density at radius 1 is 1.22 bits per heavy atom. The number of benzene rings is 1. The molecule has 94 valence electrons. The van der Waals surface area contributed by atoms with E-state index in [0.29, 0.717) is 0 Å². The van der Waals surface area contributed by atoms with Crippen molar-refractivity contribution in [1.82, 2.24) is 15.2 Å². The van der Waals surface area contributed by atoms with Crippen molar-refractivity contribution in [3.63, 3.8) is 0 Å². The molecule has 1 aromatic carbocycles. The molecule has 1 aromatic heterocycles. The molecular formula is C14H16BrN3. The van der Waals surface area contributed by atoms with Gasteiger partial charge in [-0.3, -0.25) is 9.88 Å². The Kier molecular flexibility index (Phi) is 3.59. The number of rotatable bonds is 2. The fourth-order valence-electron chi connectivity index (χ4n) is 2.36. The number of pyridine rings is 1. The minimum Gasteiger partial charge on any atom is -0.314 e. The van der Waals surface area contributed by atoms with Crippen LogP contribution in [0.2, 0.25) is 0 Å². The van der Waals surface area contributed by atoms with Crippen LogP contribution in [0.15, 0.2) is 34.9 Å². The van der Waals surface area contributed by atoms with Gasteiger partial charge in [-0.25, -0.2) is 0 Å². The quantitative estimate of drug-likeness (QED) is 0.923. The summed E-state index contributed by atoms with van der Waals surface area (Å²) in [5.74, 6) is 0. The fraction of sp³-hybridized carbons (Fsp3) is 0.357. The van der Waals surface area contributed by atoms with Gasteiger partial charge in [0.1, 0.15) is 0 Å². The summed E-state index contributed by atoms with van der Waals surface area (Å²) in [6, 6.07) is 8.46. The lowest BCUT2D eigenvalue weighted by Crippen LogP contribution is -2.42. The first kappa shape index (κ1) is 12.1. The van der Waals surface area contributed by atoms with Crippen molar-refractivity contribution in [2.75, 3.05) is 26.2 Å². The number of halogens is 1. The zero-order valence-electron chi connectivity index (χ0n) is 10.2. The molecule has 0 radical (unpaired) electrons. The molecule has 2 aromatic rings. The van der Waals surface area contributed by atoms with Crippen molar-refractivity contribution < 1.29 is 0 Å². The van der Waals surface area contributed by atoms with Crippen molar-refractivity contribution in [2.45, 2.75) is 6.54 Å². The fourth-order valence-corrected chi connectivity index (χ4v) is 2.74. The third kappa shape index (κ3) is 2.71. The highest BCUT2D eigenvalue weighted by Crippen LogP contribution is 2.19. The van der Waals surface area contributed by atoms with E-state index >= 15 is 0 Å². The molecule has 0 saturated carbocycles. The van der Waals surface area contributed by atoms with Crippen LogP contribution in [0.25, 0.3) is 10.9 Å². The summed E-state index contributed by atoms with van der Waals surface area (Å²) < 4.78 is 1.11. The molecule has 0 amide bonds. The second kappa shape index (κ2) is 5.34. The van der Waals surface area contributed by atoms with Crippen LogP contribution in [0.1, 0.15) is 5.56 Å². The van der Waals surface area contributed by atoms with Crippen molar-refractivity contribution in [3.05, 3.63) is 40.5 Å². The van der Waals surface area contributed by atoms with E-state index in [1.54, 1.807) is 0 Å². The second-order valence-corrected chi connectivity index (χ2v) is 5.62. The van der Waals surface area contributed by atoms with Gasteiger partial charge in [-0.1, -0.05) is 15.9 Å². The van der Waals surface area contributed by atoms with Crippen molar-refractivity contribution in [3.8, 4) is 0 Å². The first-order chi connectivity index (χ1) is 8.81. The second-order valence-electron chi connectivity index (χ2n) is 4.71. The molecule has 0 unspecified atom stereocenters. The average Bonchev–Trinajstić information content (AvgIpc) is 2.39. The van der Waals surface area contributed by atoms with Gasteiger partial charge < -0.3 is 5.32 Å². The first-order valence-corrected chi connectivity index (χ1v) is 7.08. The highest BCUT2D eigenvalue weighted by molar-refractivity contribution is 9.10. The summed E-state index contributed by atoms with van der Waals surface area (Å²) in [6.07, 6.45) is 2.00. The standard InChI is InChI=1S/C14H16BrN3/c15-13-1-2-14-12(8-13)7-11(9-17-14)10-18-5-3-16-4-6-18/h1-2,7-9,16H,3-6,10H2. The van der Waals surface area contributed by atoms with E-state index < -0.39 is 0 Å². The van der Waals surface area contributed by atoms with E-state index in [1.165, 1.54) is 10.9 Å². The molecule has 2 heterocycles. The number of nitrogens with one attached hydrogen (secondary N) is 1. The maximum absolute atomic E-state index is 4.52. The molecule has 1 aliphatic heterocycles. The van der Waals surface area contributed by atoms with Gasteiger partial charge in [-0.05, 0) is 29.8 Å². The van der Waals surface area contributed by atoms with Gasteiger partial charge in [-0.2, -0.15) is 0 Å². The average molecular weight is 306 g/mol. The van der Waals surface area contributed by atoms with Gasteiger partial charge in [-0.15, -0.1) is 0 Å². The third-order valence-corrected chi connectivity index (χ3v) is 3.81. The van der Waals surface area contributed by atoms with Crippen LogP contribution in [-0.2, 0) is 6.54 Å². The van der Waals surface area contributed by atoms with Gasteiger partial charge in [0.2, 0.25) is 0 Å². The largest absolute Gasteiger partial charge is 0.314 e. The van der Waals surface area contributed by atoms with Gasteiger partial charge in [0.15, 0.2) is 0 Å². The molecule has 4 heteroatoms. The normalized spacial score (nSPS) is 17.2. The Hall–Kier alpha value is -0.970.